The third kappa shape index (κ3) is 2.72. The molecule has 0 aliphatic carbocycles. The first kappa shape index (κ1) is 16.5. The van der Waals surface area contributed by atoms with E-state index in [4.69, 9.17) is 0 Å². The molecule has 0 saturated carbocycles. The number of benzene rings is 2. The van der Waals surface area contributed by atoms with E-state index in [1.54, 1.807) is 26.0 Å². The van der Waals surface area contributed by atoms with Crippen molar-refractivity contribution in [3.63, 3.8) is 0 Å². The minimum Gasteiger partial charge on any atom is -0.206 e. The SMILES string of the molecule is Cc1cc(C)c(-c2cc(C(F)(F)F)c(F)c(C)c2F)c(C)c1. The molecular weight excluding hydrogens is 299 g/mol. The molecule has 0 amide bonds. The van der Waals surface area contributed by atoms with Crippen LogP contribution in [0, 0.1) is 39.3 Å². The van der Waals surface area contributed by atoms with Crippen LogP contribution < -0.4 is 0 Å². The van der Waals surface area contributed by atoms with Crippen LogP contribution in [-0.4, -0.2) is 0 Å². The van der Waals surface area contributed by atoms with E-state index in [9.17, 15) is 22.0 Å². The van der Waals surface area contributed by atoms with Gasteiger partial charge in [-0.3, -0.25) is 0 Å². The van der Waals surface area contributed by atoms with Crippen LogP contribution in [0.1, 0.15) is 27.8 Å². The van der Waals surface area contributed by atoms with Crippen LogP contribution in [0.3, 0.4) is 0 Å². The average molecular weight is 314 g/mol. The first-order valence-corrected chi connectivity index (χ1v) is 6.68. The summed E-state index contributed by atoms with van der Waals surface area (Å²) in [6.45, 7) is 6.25. The van der Waals surface area contributed by atoms with Gasteiger partial charge in [-0.05, 0) is 50.5 Å². The maximum absolute atomic E-state index is 14.4. The van der Waals surface area contributed by atoms with Gasteiger partial charge in [-0.15, -0.1) is 0 Å². The van der Waals surface area contributed by atoms with Crippen LogP contribution in [0.4, 0.5) is 22.0 Å². The Balaban J connectivity index is 2.86. The smallest absolute Gasteiger partial charge is 0.206 e. The summed E-state index contributed by atoms with van der Waals surface area (Å²) >= 11 is 0. The van der Waals surface area contributed by atoms with E-state index >= 15 is 0 Å². The van der Waals surface area contributed by atoms with Gasteiger partial charge in [-0.25, -0.2) is 8.78 Å². The largest absolute Gasteiger partial charge is 0.419 e. The predicted octanol–water partition coefficient (Wildman–Crippen LogP) is 5.88. The zero-order valence-corrected chi connectivity index (χ0v) is 12.6. The van der Waals surface area contributed by atoms with Gasteiger partial charge in [0, 0.05) is 11.1 Å². The minimum atomic E-state index is -4.87. The molecule has 0 aromatic heterocycles. The van der Waals surface area contributed by atoms with Crippen LogP contribution in [0.5, 0.6) is 0 Å². The Labute approximate surface area is 125 Å². The summed E-state index contributed by atoms with van der Waals surface area (Å²) < 4.78 is 67.0. The molecule has 0 heterocycles. The van der Waals surface area contributed by atoms with Gasteiger partial charge >= 0.3 is 6.18 Å². The lowest BCUT2D eigenvalue weighted by atomic mass is 9.91. The quantitative estimate of drug-likeness (QED) is 0.576. The minimum absolute atomic E-state index is 0.221. The topological polar surface area (TPSA) is 0 Å². The van der Waals surface area contributed by atoms with Crippen LogP contribution in [-0.2, 0) is 6.18 Å². The maximum atomic E-state index is 14.4. The van der Waals surface area contributed by atoms with Crippen molar-refractivity contribution in [3.8, 4) is 11.1 Å². The number of alkyl halides is 3. The summed E-state index contributed by atoms with van der Waals surface area (Å²) in [5, 5.41) is 0. The molecule has 0 saturated heterocycles. The highest BCUT2D eigenvalue weighted by molar-refractivity contribution is 5.73. The summed E-state index contributed by atoms with van der Waals surface area (Å²) in [7, 11) is 0. The molecule has 0 aliphatic rings. The molecule has 22 heavy (non-hydrogen) atoms. The second kappa shape index (κ2) is 5.38. The monoisotopic (exact) mass is 314 g/mol. The van der Waals surface area contributed by atoms with E-state index in [1.165, 1.54) is 0 Å². The molecule has 5 heteroatoms. The number of rotatable bonds is 1. The molecule has 0 N–H and O–H groups in total. The third-order valence-corrected chi connectivity index (χ3v) is 3.67. The van der Waals surface area contributed by atoms with Gasteiger partial charge in [0.2, 0.25) is 0 Å². The van der Waals surface area contributed by atoms with Gasteiger partial charge < -0.3 is 0 Å². The Morgan fingerprint density at radius 3 is 1.73 bits per heavy atom. The van der Waals surface area contributed by atoms with Crippen molar-refractivity contribution < 1.29 is 22.0 Å². The van der Waals surface area contributed by atoms with Crippen molar-refractivity contribution in [3.05, 3.63) is 57.7 Å². The molecule has 0 spiro atoms. The predicted molar refractivity (Wildman–Crippen MR) is 75.7 cm³/mol. The van der Waals surface area contributed by atoms with Crippen LogP contribution in [0.15, 0.2) is 18.2 Å². The van der Waals surface area contributed by atoms with Gasteiger partial charge in [-0.1, -0.05) is 17.7 Å². The second-order valence-corrected chi connectivity index (χ2v) is 5.50. The lowest BCUT2D eigenvalue weighted by Crippen LogP contribution is -2.11. The average Bonchev–Trinajstić information content (AvgIpc) is 2.36. The highest BCUT2D eigenvalue weighted by Gasteiger charge is 2.36. The number of hydrogen-bond acceptors (Lipinski definition) is 0. The van der Waals surface area contributed by atoms with Gasteiger partial charge in [0.1, 0.15) is 11.6 Å². The fourth-order valence-electron chi connectivity index (χ4n) is 2.76. The van der Waals surface area contributed by atoms with Crippen LogP contribution in [0.2, 0.25) is 0 Å². The third-order valence-electron chi connectivity index (χ3n) is 3.67. The van der Waals surface area contributed by atoms with Crippen LogP contribution in [0.25, 0.3) is 11.1 Å². The van der Waals surface area contributed by atoms with Crippen molar-refractivity contribution in [2.75, 3.05) is 0 Å². The molecular formula is C17H15F5. The Morgan fingerprint density at radius 2 is 1.27 bits per heavy atom. The fourth-order valence-corrected chi connectivity index (χ4v) is 2.76. The highest BCUT2D eigenvalue weighted by atomic mass is 19.4. The lowest BCUT2D eigenvalue weighted by Gasteiger charge is -2.17. The number of hydrogen-bond donors (Lipinski definition) is 0. The molecule has 0 radical (unpaired) electrons. The highest BCUT2D eigenvalue weighted by Crippen LogP contribution is 2.39. The Bertz CT molecular complexity index is 719. The molecule has 2 aromatic rings. The summed E-state index contributed by atoms with van der Waals surface area (Å²) in [5.74, 6) is -2.52. The molecule has 0 bridgehead atoms. The van der Waals surface area contributed by atoms with Gasteiger partial charge in [0.25, 0.3) is 0 Å². The van der Waals surface area contributed by atoms with E-state index < -0.39 is 28.9 Å². The Morgan fingerprint density at radius 1 is 0.773 bits per heavy atom. The van der Waals surface area contributed by atoms with E-state index in [0.29, 0.717) is 22.8 Å². The fraction of sp³-hybridized carbons (Fsp3) is 0.294. The standard InChI is InChI=1S/C17H15F5/c1-8-5-9(2)14(10(3)6-8)12-7-13(17(20,21)22)16(19)11(4)15(12)18/h5-7H,1-4H3. The van der Waals surface area contributed by atoms with Gasteiger partial charge in [0.15, 0.2) is 0 Å². The lowest BCUT2D eigenvalue weighted by molar-refractivity contribution is -0.140. The first-order chi connectivity index (χ1) is 10.0. The van der Waals surface area contributed by atoms with E-state index in [2.05, 4.69) is 0 Å². The molecule has 0 aliphatic heterocycles. The van der Waals surface area contributed by atoms with Crippen molar-refractivity contribution in [2.24, 2.45) is 0 Å². The summed E-state index contributed by atoms with van der Waals surface area (Å²) in [5.41, 5.74) is 0.308. The summed E-state index contributed by atoms with van der Waals surface area (Å²) in [6.07, 6.45) is -4.87. The molecule has 2 rings (SSSR count). The molecule has 2 aromatic carbocycles. The van der Waals surface area contributed by atoms with E-state index in [1.807, 2.05) is 6.92 Å². The van der Waals surface area contributed by atoms with Crippen molar-refractivity contribution in [1.29, 1.82) is 0 Å². The number of halogens is 5. The molecule has 118 valence electrons. The summed E-state index contributed by atoms with van der Waals surface area (Å²) in [4.78, 5) is 0. The van der Waals surface area contributed by atoms with Crippen molar-refractivity contribution >= 4 is 0 Å². The Kier molecular flexibility index (Phi) is 4.02. The molecule has 0 fully saturated rings. The van der Waals surface area contributed by atoms with Crippen molar-refractivity contribution in [1.82, 2.24) is 0 Å². The zero-order chi connectivity index (χ0) is 16.8. The van der Waals surface area contributed by atoms with Gasteiger partial charge in [-0.2, -0.15) is 13.2 Å². The molecule has 0 unspecified atom stereocenters. The van der Waals surface area contributed by atoms with E-state index in [-0.39, 0.29) is 5.56 Å². The first-order valence-electron chi connectivity index (χ1n) is 6.68. The number of aryl methyl sites for hydroxylation is 3. The van der Waals surface area contributed by atoms with Gasteiger partial charge in [0.05, 0.1) is 5.56 Å². The van der Waals surface area contributed by atoms with Crippen LogP contribution >= 0.6 is 0 Å². The maximum Gasteiger partial charge on any atom is 0.419 e. The Hall–Kier alpha value is -1.91. The molecule has 0 nitrogen and oxygen atoms in total. The van der Waals surface area contributed by atoms with E-state index in [0.717, 1.165) is 12.5 Å². The normalized spacial score (nSPS) is 11.9. The molecule has 0 atom stereocenters. The van der Waals surface area contributed by atoms with Crippen molar-refractivity contribution in [2.45, 2.75) is 33.9 Å². The summed E-state index contributed by atoms with van der Waals surface area (Å²) in [6, 6.07) is 4.07. The zero-order valence-electron chi connectivity index (χ0n) is 12.6. The second-order valence-electron chi connectivity index (χ2n) is 5.50.